The average molecular weight is 506 g/mol. The number of nitrogens with one attached hydrogen (secondary N) is 2. The van der Waals surface area contributed by atoms with Crippen molar-refractivity contribution in [2.75, 3.05) is 10.6 Å². The number of carbonyl (C=O) groups excluding carboxylic acids is 2. The van der Waals surface area contributed by atoms with Crippen LogP contribution in [0.15, 0.2) is 77.7 Å². The Hall–Kier alpha value is -3.49. The number of carbonyl (C=O) groups is 2. The summed E-state index contributed by atoms with van der Waals surface area (Å²) in [5.74, 6) is -1.27. The Morgan fingerprint density at radius 3 is 2.46 bits per heavy atom. The Morgan fingerprint density at radius 2 is 1.71 bits per heavy atom. The lowest BCUT2D eigenvalue weighted by atomic mass is 10.1. The third-order valence-electron chi connectivity index (χ3n) is 5.24. The number of nitrogens with zero attached hydrogens (tertiary/aromatic N) is 1. The quantitative estimate of drug-likeness (QED) is 0.267. The van der Waals surface area contributed by atoms with Crippen LogP contribution in [0.4, 0.5) is 15.2 Å². The van der Waals surface area contributed by atoms with Crippen molar-refractivity contribution in [3.8, 4) is 11.3 Å². The Kier molecular flexibility index (Phi) is 7.63. The van der Waals surface area contributed by atoms with E-state index in [1.54, 1.807) is 24.3 Å². The normalized spacial score (nSPS) is 11.7. The molecule has 1 atom stereocenters. The molecular formula is C27H24FN3O2S2. The van der Waals surface area contributed by atoms with Crippen LogP contribution in [0.2, 0.25) is 0 Å². The number of rotatable bonds is 7. The third kappa shape index (κ3) is 6.15. The number of hydrogen-bond donors (Lipinski definition) is 2. The molecule has 4 aromatic rings. The molecule has 0 aliphatic heterocycles. The predicted molar refractivity (Wildman–Crippen MR) is 142 cm³/mol. The van der Waals surface area contributed by atoms with Gasteiger partial charge in [0.05, 0.1) is 16.5 Å². The highest BCUT2D eigenvalue weighted by Gasteiger charge is 2.18. The third-order valence-corrected chi connectivity index (χ3v) is 7.22. The summed E-state index contributed by atoms with van der Waals surface area (Å²) >= 11 is 2.80. The zero-order valence-electron chi connectivity index (χ0n) is 19.5. The number of benzene rings is 3. The van der Waals surface area contributed by atoms with Gasteiger partial charge < -0.3 is 10.6 Å². The molecule has 2 amide bonds. The first-order chi connectivity index (χ1) is 16.8. The van der Waals surface area contributed by atoms with Crippen molar-refractivity contribution in [3.05, 3.63) is 94.6 Å². The fourth-order valence-electron chi connectivity index (χ4n) is 3.38. The smallest absolute Gasteiger partial charge is 0.258 e. The average Bonchev–Trinajstić information content (AvgIpc) is 3.19. The van der Waals surface area contributed by atoms with Crippen LogP contribution >= 0.6 is 23.1 Å². The molecule has 3 aromatic carbocycles. The summed E-state index contributed by atoms with van der Waals surface area (Å²) in [4.78, 5) is 31.7. The van der Waals surface area contributed by atoms with Crippen LogP contribution in [-0.4, -0.2) is 22.0 Å². The fourth-order valence-corrected chi connectivity index (χ4v) is 5.15. The first-order valence-corrected chi connectivity index (χ1v) is 12.7. The van der Waals surface area contributed by atoms with Gasteiger partial charge in [-0.3, -0.25) is 9.59 Å². The van der Waals surface area contributed by atoms with Crippen LogP contribution < -0.4 is 10.6 Å². The van der Waals surface area contributed by atoms with E-state index in [1.165, 1.54) is 46.9 Å². The highest BCUT2D eigenvalue weighted by atomic mass is 32.2. The number of anilines is 2. The Bertz CT molecular complexity index is 1370. The zero-order valence-corrected chi connectivity index (χ0v) is 21.1. The van der Waals surface area contributed by atoms with Crippen molar-refractivity contribution >= 4 is 45.7 Å². The summed E-state index contributed by atoms with van der Waals surface area (Å²) in [6, 6.07) is 21.1. The highest BCUT2D eigenvalue weighted by Crippen LogP contribution is 2.32. The molecule has 0 saturated carbocycles. The molecule has 178 valence electrons. The van der Waals surface area contributed by atoms with Gasteiger partial charge in [-0.1, -0.05) is 48.0 Å². The summed E-state index contributed by atoms with van der Waals surface area (Å²) in [6.45, 7) is 5.84. The monoisotopic (exact) mass is 505 g/mol. The zero-order chi connectivity index (χ0) is 24.9. The van der Waals surface area contributed by atoms with Crippen LogP contribution in [-0.2, 0) is 4.79 Å². The number of amides is 2. The Morgan fingerprint density at radius 1 is 0.971 bits per heavy atom. The standard InChI is InChI=1S/C27H24FN3O2S2/c1-16-11-13-19(14-12-16)24-17(2)35-27(30-24)31-25(32)18(3)34-21-8-6-7-20(15-21)29-26(33)22-9-4-5-10-23(22)28/h4-15,18H,1-3H3,(H,29,33)(H,30,31,32). The molecule has 1 heterocycles. The molecule has 5 nitrogen and oxygen atoms in total. The number of thiazole rings is 1. The van der Waals surface area contributed by atoms with Crippen molar-refractivity contribution in [1.29, 1.82) is 0 Å². The summed E-state index contributed by atoms with van der Waals surface area (Å²) in [5, 5.41) is 5.78. The van der Waals surface area contributed by atoms with Gasteiger partial charge in [-0.15, -0.1) is 23.1 Å². The molecule has 1 unspecified atom stereocenters. The molecule has 2 N–H and O–H groups in total. The van der Waals surface area contributed by atoms with E-state index < -0.39 is 17.0 Å². The Balaban J connectivity index is 1.39. The topological polar surface area (TPSA) is 71.1 Å². The molecule has 8 heteroatoms. The van der Waals surface area contributed by atoms with Crippen molar-refractivity contribution in [2.45, 2.75) is 30.9 Å². The molecule has 0 spiro atoms. The summed E-state index contributed by atoms with van der Waals surface area (Å²) in [7, 11) is 0. The molecule has 1 aromatic heterocycles. The van der Waals surface area contributed by atoms with Crippen molar-refractivity contribution in [3.63, 3.8) is 0 Å². The van der Waals surface area contributed by atoms with Gasteiger partial charge in [0.1, 0.15) is 5.82 Å². The first kappa shape index (κ1) is 24.6. The van der Waals surface area contributed by atoms with E-state index >= 15 is 0 Å². The number of aryl methyl sites for hydroxylation is 2. The summed E-state index contributed by atoms with van der Waals surface area (Å²) in [5.41, 5.74) is 3.55. The van der Waals surface area contributed by atoms with Gasteiger partial charge in [0.15, 0.2) is 5.13 Å². The molecule has 0 radical (unpaired) electrons. The fraction of sp³-hybridized carbons (Fsp3) is 0.148. The van der Waals surface area contributed by atoms with Crippen LogP contribution in [0.25, 0.3) is 11.3 Å². The molecular weight excluding hydrogens is 481 g/mol. The second-order valence-electron chi connectivity index (χ2n) is 8.00. The number of halogens is 1. The minimum absolute atomic E-state index is 0.0259. The van der Waals surface area contributed by atoms with Gasteiger partial charge >= 0.3 is 0 Å². The lowest BCUT2D eigenvalue weighted by Gasteiger charge is -2.12. The molecule has 0 saturated heterocycles. The van der Waals surface area contributed by atoms with Gasteiger partial charge in [-0.05, 0) is 51.1 Å². The van der Waals surface area contributed by atoms with Gasteiger partial charge in [-0.2, -0.15) is 0 Å². The minimum Gasteiger partial charge on any atom is -0.322 e. The van der Waals surface area contributed by atoms with Crippen molar-refractivity contribution < 1.29 is 14.0 Å². The van der Waals surface area contributed by atoms with E-state index in [1.807, 2.05) is 51.1 Å². The first-order valence-electron chi connectivity index (χ1n) is 11.0. The highest BCUT2D eigenvalue weighted by molar-refractivity contribution is 8.00. The van der Waals surface area contributed by atoms with E-state index in [0.717, 1.165) is 21.0 Å². The largest absolute Gasteiger partial charge is 0.322 e. The number of hydrogen-bond acceptors (Lipinski definition) is 5. The lowest BCUT2D eigenvalue weighted by molar-refractivity contribution is -0.115. The second kappa shape index (κ2) is 10.8. The predicted octanol–water partition coefficient (Wildman–Crippen LogP) is 6.94. The maximum atomic E-state index is 13.9. The van der Waals surface area contributed by atoms with Gasteiger partial charge in [0, 0.05) is 21.0 Å². The number of thioether (sulfide) groups is 1. The second-order valence-corrected chi connectivity index (χ2v) is 10.6. The van der Waals surface area contributed by atoms with Gasteiger partial charge in [0.2, 0.25) is 5.91 Å². The van der Waals surface area contributed by atoms with Crippen molar-refractivity contribution in [2.24, 2.45) is 0 Å². The minimum atomic E-state index is -0.580. The SMILES string of the molecule is Cc1ccc(-c2nc(NC(=O)C(C)Sc3cccc(NC(=O)c4ccccc4F)c3)sc2C)cc1. The molecule has 0 aliphatic rings. The van der Waals surface area contributed by atoms with E-state index in [9.17, 15) is 14.0 Å². The van der Waals surface area contributed by atoms with E-state index in [0.29, 0.717) is 10.8 Å². The molecule has 0 aliphatic carbocycles. The summed E-state index contributed by atoms with van der Waals surface area (Å²) in [6.07, 6.45) is 0. The van der Waals surface area contributed by atoms with Gasteiger partial charge in [-0.25, -0.2) is 9.37 Å². The molecule has 0 bridgehead atoms. The maximum Gasteiger partial charge on any atom is 0.258 e. The summed E-state index contributed by atoms with van der Waals surface area (Å²) < 4.78 is 13.9. The van der Waals surface area contributed by atoms with Crippen LogP contribution in [0.3, 0.4) is 0 Å². The molecule has 0 fully saturated rings. The molecule has 4 rings (SSSR count). The van der Waals surface area contributed by atoms with Gasteiger partial charge in [0.25, 0.3) is 5.91 Å². The van der Waals surface area contributed by atoms with Crippen molar-refractivity contribution in [1.82, 2.24) is 4.98 Å². The van der Waals surface area contributed by atoms with E-state index in [2.05, 4.69) is 15.6 Å². The van der Waals surface area contributed by atoms with E-state index in [-0.39, 0.29) is 11.5 Å². The number of aromatic nitrogens is 1. The molecule has 35 heavy (non-hydrogen) atoms. The van der Waals surface area contributed by atoms with E-state index in [4.69, 9.17) is 0 Å². The maximum absolute atomic E-state index is 13.9. The van der Waals surface area contributed by atoms with Crippen LogP contribution in [0.1, 0.15) is 27.7 Å². The Labute approximate surface area is 211 Å². The van der Waals surface area contributed by atoms with Crippen LogP contribution in [0, 0.1) is 19.7 Å². The van der Waals surface area contributed by atoms with Crippen LogP contribution in [0.5, 0.6) is 0 Å². The lowest BCUT2D eigenvalue weighted by Crippen LogP contribution is -2.22.